The van der Waals surface area contributed by atoms with Crippen molar-refractivity contribution in [2.24, 2.45) is 5.92 Å². The summed E-state index contributed by atoms with van der Waals surface area (Å²) >= 11 is 0. The molecular formula is C14H24N2O2. The minimum absolute atomic E-state index is 0.0341. The van der Waals surface area contributed by atoms with Gasteiger partial charge in [0.25, 0.3) is 0 Å². The van der Waals surface area contributed by atoms with Crippen molar-refractivity contribution in [3.8, 4) is 0 Å². The molecule has 0 aromatic heterocycles. The summed E-state index contributed by atoms with van der Waals surface area (Å²) in [6.07, 6.45) is 4.94. The van der Waals surface area contributed by atoms with Gasteiger partial charge in [0.15, 0.2) is 0 Å². The van der Waals surface area contributed by atoms with E-state index in [1.807, 2.05) is 6.92 Å². The van der Waals surface area contributed by atoms with Crippen LogP contribution in [-0.2, 0) is 9.59 Å². The third-order valence-electron chi connectivity index (χ3n) is 3.46. The zero-order valence-corrected chi connectivity index (χ0v) is 11.4. The van der Waals surface area contributed by atoms with Gasteiger partial charge in [-0.3, -0.25) is 9.59 Å². The molecule has 102 valence electrons. The Balaban J connectivity index is 2.36. The Labute approximate surface area is 109 Å². The van der Waals surface area contributed by atoms with Crippen LogP contribution in [0.3, 0.4) is 0 Å². The fraction of sp³-hybridized carbons (Fsp3) is 0.714. The first-order valence-corrected chi connectivity index (χ1v) is 6.80. The molecule has 1 heterocycles. The number of carbonyl (C=O) groups excluding carboxylic acids is 2. The number of rotatable bonds is 5. The van der Waals surface area contributed by atoms with E-state index in [9.17, 15) is 9.59 Å². The highest BCUT2D eigenvalue weighted by Gasteiger charge is 2.26. The Hall–Kier alpha value is -1.32. The van der Waals surface area contributed by atoms with E-state index in [0.717, 1.165) is 25.7 Å². The summed E-state index contributed by atoms with van der Waals surface area (Å²) in [4.78, 5) is 25.2. The van der Waals surface area contributed by atoms with Crippen LogP contribution in [0, 0.1) is 5.92 Å². The molecule has 0 spiro atoms. The molecule has 2 amide bonds. The van der Waals surface area contributed by atoms with E-state index in [1.54, 1.807) is 4.90 Å². The molecular weight excluding hydrogens is 228 g/mol. The van der Waals surface area contributed by atoms with Gasteiger partial charge in [0.2, 0.25) is 11.8 Å². The summed E-state index contributed by atoms with van der Waals surface area (Å²) in [6.45, 7) is 8.95. The molecule has 18 heavy (non-hydrogen) atoms. The van der Waals surface area contributed by atoms with E-state index < -0.39 is 0 Å². The van der Waals surface area contributed by atoms with Gasteiger partial charge < -0.3 is 10.2 Å². The number of nitrogens with one attached hydrogen (secondary N) is 1. The van der Waals surface area contributed by atoms with Crippen LogP contribution >= 0.6 is 0 Å². The fourth-order valence-electron chi connectivity index (χ4n) is 2.36. The molecule has 1 fully saturated rings. The minimum Gasteiger partial charge on any atom is -0.353 e. The van der Waals surface area contributed by atoms with Gasteiger partial charge in [-0.15, -0.1) is 0 Å². The largest absolute Gasteiger partial charge is 0.353 e. The van der Waals surface area contributed by atoms with Crippen LogP contribution in [0.15, 0.2) is 12.7 Å². The number of carbonyl (C=O) groups is 2. The maximum atomic E-state index is 12.0. The van der Waals surface area contributed by atoms with Crippen LogP contribution in [-0.4, -0.2) is 35.8 Å². The third kappa shape index (κ3) is 4.17. The predicted molar refractivity (Wildman–Crippen MR) is 72.0 cm³/mol. The normalized spacial score (nSPS) is 18.2. The molecule has 0 saturated carbocycles. The summed E-state index contributed by atoms with van der Waals surface area (Å²) < 4.78 is 0. The Morgan fingerprint density at radius 2 is 2.06 bits per heavy atom. The number of hydrogen-bond acceptors (Lipinski definition) is 2. The van der Waals surface area contributed by atoms with E-state index in [-0.39, 0.29) is 23.8 Å². The second kappa shape index (κ2) is 7.19. The van der Waals surface area contributed by atoms with Crippen LogP contribution in [0.5, 0.6) is 0 Å². The van der Waals surface area contributed by atoms with Gasteiger partial charge in [-0.1, -0.05) is 19.9 Å². The zero-order chi connectivity index (χ0) is 13.5. The number of amides is 2. The quantitative estimate of drug-likeness (QED) is 0.757. The van der Waals surface area contributed by atoms with Crippen molar-refractivity contribution in [2.45, 2.75) is 45.6 Å². The lowest BCUT2D eigenvalue weighted by Gasteiger charge is -2.31. The van der Waals surface area contributed by atoms with Crippen molar-refractivity contribution in [3.63, 3.8) is 0 Å². The number of piperidine rings is 1. The minimum atomic E-state index is -0.0341. The molecule has 1 aliphatic rings. The number of nitrogens with zero attached hydrogens (tertiary/aromatic N) is 1. The second-order valence-electron chi connectivity index (χ2n) is 5.00. The standard InChI is InChI=1S/C14H24N2O2/c1-4-6-11(3)15-14(18)12-7-9-16(10-8-12)13(17)5-2/h5,11-12H,2,4,6-10H2,1,3H3,(H,15,18). The third-order valence-corrected chi connectivity index (χ3v) is 3.46. The molecule has 1 N–H and O–H groups in total. The lowest BCUT2D eigenvalue weighted by atomic mass is 9.95. The highest BCUT2D eigenvalue weighted by Crippen LogP contribution is 2.18. The van der Waals surface area contributed by atoms with Crippen LogP contribution < -0.4 is 5.32 Å². The maximum absolute atomic E-state index is 12.0. The zero-order valence-electron chi connectivity index (χ0n) is 11.4. The van der Waals surface area contributed by atoms with Crippen molar-refractivity contribution in [3.05, 3.63) is 12.7 Å². The smallest absolute Gasteiger partial charge is 0.245 e. The SMILES string of the molecule is C=CC(=O)N1CCC(C(=O)NC(C)CCC)CC1. The molecule has 0 aliphatic carbocycles. The van der Waals surface area contributed by atoms with E-state index in [0.29, 0.717) is 13.1 Å². The summed E-state index contributed by atoms with van der Waals surface area (Å²) in [6, 6.07) is 0.246. The van der Waals surface area contributed by atoms with Gasteiger partial charge in [0.1, 0.15) is 0 Å². The van der Waals surface area contributed by atoms with Gasteiger partial charge >= 0.3 is 0 Å². The van der Waals surface area contributed by atoms with Gasteiger partial charge in [0, 0.05) is 25.0 Å². The summed E-state index contributed by atoms with van der Waals surface area (Å²) in [5.41, 5.74) is 0. The highest BCUT2D eigenvalue weighted by molar-refractivity contribution is 5.87. The van der Waals surface area contributed by atoms with E-state index in [4.69, 9.17) is 0 Å². The molecule has 1 rings (SSSR count). The molecule has 0 bridgehead atoms. The molecule has 4 heteroatoms. The lowest BCUT2D eigenvalue weighted by molar-refractivity contribution is -0.132. The Kier molecular flexibility index (Phi) is 5.89. The molecule has 1 saturated heterocycles. The first-order valence-electron chi connectivity index (χ1n) is 6.80. The summed E-state index contributed by atoms with van der Waals surface area (Å²) in [7, 11) is 0. The van der Waals surface area contributed by atoms with Crippen LogP contribution in [0.25, 0.3) is 0 Å². The lowest BCUT2D eigenvalue weighted by Crippen LogP contribution is -2.44. The predicted octanol–water partition coefficient (Wildman–Crippen LogP) is 1.72. The van der Waals surface area contributed by atoms with Crippen molar-refractivity contribution in [2.75, 3.05) is 13.1 Å². The second-order valence-corrected chi connectivity index (χ2v) is 5.00. The molecule has 1 atom stereocenters. The monoisotopic (exact) mass is 252 g/mol. The topological polar surface area (TPSA) is 49.4 Å². The van der Waals surface area contributed by atoms with Crippen molar-refractivity contribution < 1.29 is 9.59 Å². The van der Waals surface area contributed by atoms with E-state index in [1.165, 1.54) is 6.08 Å². The van der Waals surface area contributed by atoms with Crippen molar-refractivity contribution in [1.82, 2.24) is 10.2 Å². The van der Waals surface area contributed by atoms with Gasteiger partial charge in [0.05, 0.1) is 0 Å². The average molecular weight is 252 g/mol. The number of likely N-dealkylation sites (tertiary alicyclic amines) is 1. The first kappa shape index (κ1) is 14.7. The van der Waals surface area contributed by atoms with Crippen LogP contribution in [0.1, 0.15) is 39.5 Å². The molecule has 0 radical (unpaired) electrons. The van der Waals surface area contributed by atoms with Crippen molar-refractivity contribution >= 4 is 11.8 Å². The molecule has 1 aliphatic heterocycles. The summed E-state index contributed by atoms with van der Waals surface area (Å²) in [5.74, 6) is 0.160. The molecule has 0 aromatic carbocycles. The fourth-order valence-corrected chi connectivity index (χ4v) is 2.36. The first-order chi connectivity index (χ1) is 8.58. The molecule has 0 aromatic rings. The van der Waals surface area contributed by atoms with E-state index >= 15 is 0 Å². The van der Waals surface area contributed by atoms with Crippen molar-refractivity contribution in [1.29, 1.82) is 0 Å². The van der Waals surface area contributed by atoms with Crippen LogP contribution in [0.2, 0.25) is 0 Å². The van der Waals surface area contributed by atoms with Gasteiger partial charge in [-0.2, -0.15) is 0 Å². The van der Waals surface area contributed by atoms with E-state index in [2.05, 4.69) is 18.8 Å². The average Bonchev–Trinajstić information content (AvgIpc) is 2.38. The Morgan fingerprint density at radius 3 is 2.56 bits per heavy atom. The Morgan fingerprint density at radius 1 is 1.44 bits per heavy atom. The Bertz CT molecular complexity index is 307. The highest BCUT2D eigenvalue weighted by atomic mass is 16.2. The molecule has 4 nitrogen and oxygen atoms in total. The summed E-state index contributed by atoms with van der Waals surface area (Å²) in [5, 5.41) is 3.05. The molecule has 1 unspecified atom stereocenters. The van der Waals surface area contributed by atoms with Gasteiger partial charge in [-0.25, -0.2) is 0 Å². The maximum Gasteiger partial charge on any atom is 0.245 e. The van der Waals surface area contributed by atoms with Gasteiger partial charge in [-0.05, 0) is 32.3 Å². The van der Waals surface area contributed by atoms with Crippen LogP contribution in [0.4, 0.5) is 0 Å². The number of hydrogen-bond donors (Lipinski definition) is 1.